The largest absolute Gasteiger partial charge is 0.444 e. The Morgan fingerprint density at radius 3 is 2.26 bits per heavy atom. The molecule has 0 aliphatic carbocycles. The molecule has 7 nitrogen and oxygen atoms in total. The maximum atomic E-state index is 13.9. The highest BCUT2D eigenvalue weighted by atomic mass is 16.6. The van der Waals surface area contributed by atoms with Gasteiger partial charge in [-0.25, -0.2) is 4.79 Å². The van der Waals surface area contributed by atoms with Crippen LogP contribution in [0.15, 0.2) is 36.9 Å². The number of nitrogens with one attached hydrogen (secondary N) is 2. The van der Waals surface area contributed by atoms with Crippen LogP contribution >= 0.6 is 0 Å². The lowest BCUT2D eigenvalue weighted by Crippen LogP contribution is -2.54. The molecule has 1 rings (SSSR count). The number of carbonyl (C=O) groups is 3. The van der Waals surface area contributed by atoms with Crippen molar-refractivity contribution in [2.24, 2.45) is 5.92 Å². The molecule has 0 aliphatic rings. The molecule has 1 aromatic rings. The van der Waals surface area contributed by atoms with Gasteiger partial charge in [-0.3, -0.25) is 9.59 Å². The van der Waals surface area contributed by atoms with E-state index in [-0.39, 0.29) is 24.4 Å². The number of ether oxygens (including phenoxy) is 1. The summed E-state index contributed by atoms with van der Waals surface area (Å²) in [5.41, 5.74) is 0.314. The lowest BCUT2D eigenvalue weighted by molar-refractivity contribution is -0.142. The van der Waals surface area contributed by atoms with Gasteiger partial charge < -0.3 is 20.3 Å². The first kappa shape index (κ1) is 28.8. The van der Waals surface area contributed by atoms with Crippen molar-refractivity contribution in [1.82, 2.24) is 15.5 Å². The lowest BCUT2D eigenvalue weighted by atomic mass is 9.96. The van der Waals surface area contributed by atoms with Crippen LogP contribution in [0.2, 0.25) is 0 Å². The molecular weight excluding hydrogens is 430 g/mol. The molecule has 2 N–H and O–H groups in total. The van der Waals surface area contributed by atoms with E-state index in [1.165, 1.54) is 4.90 Å². The summed E-state index contributed by atoms with van der Waals surface area (Å²) in [4.78, 5) is 41.2. The maximum absolute atomic E-state index is 13.9. The van der Waals surface area contributed by atoms with Crippen LogP contribution in [0.1, 0.15) is 72.1 Å². The zero-order chi connectivity index (χ0) is 26.1. The third kappa shape index (κ3) is 8.93. The lowest BCUT2D eigenvalue weighted by Gasteiger charge is -2.35. The van der Waals surface area contributed by atoms with E-state index in [1.54, 1.807) is 51.1 Å². The van der Waals surface area contributed by atoms with Gasteiger partial charge in [0.1, 0.15) is 17.7 Å². The predicted molar refractivity (Wildman–Crippen MR) is 135 cm³/mol. The van der Waals surface area contributed by atoms with Crippen molar-refractivity contribution < 1.29 is 19.1 Å². The average molecular weight is 470 g/mol. The molecule has 0 bridgehead atoms. The minimum Gasteiger partial charge on any atom is -0.444 e. The van der Waals surface area contributed by atoms with Crippen molar-refractivity contribution in [2.45, 2.75) is 78.6 Å². The third-order valence-electron chi connectivity index (χ3n) is 4.71. The average Bonchev–Trinajstić information content (AvgIpc) is 2.70. The molecule has 0 aliphatic heterocycles. The Bertz CT molecular complexity index is 909. The van der Waals surface area contributed by atoms with Gasteiger partial charge in [0.15, 0.2) is 0 Å². The van der Waals surface area contributed by atoms with Crippen LogP contribution in [0, 0.1) is 18.3 Å². The number of rotatable bonds is 10. The molecule has 7 heteroatoms. The van der Waals surface area contributed by atoms with Gasteiger partial charge in [0, 0.05) is 18.2 Å². The number of benzene rings is 1. The molecule has 0 saturated carbocycles. The Hall–Kier alpha value is -3.27. The van der Waals surface area contributed by atoms with Crippen molar-refractivity contribution in [3.63, 3.8) is 0 Å². The SMILES string of the molecule is C#Cc1ccccc1C(C(=O)NC(C)C)N(CC=C)C(=O)C(CC(C)C)NC(=O)OC(C)(C)C. The van der Waals surface area contributed by atoms with E-state index in [9.17, 15) is 14.4 Å². The van der Waals surface area contributed by atoms with Crippen molar-refractivity contribution in [2.75, 3.05) is 6.54 Å². The van der Waals surface area contributed by atoms with Crippen molar-refractivity contribution in [3.05, 3.63) is 48.0 Å². The van der Waals surface area contributed by atoms with Gasteiger partial charge in [0.25, 0.3) is 0 Å². The second-order valence-electron chi connectivity index (χ2n) is 9.91. The third-order valence-corrected chi connectivity index (χ3v) is 4.71. The van der Waals surface area contributed by atoms with Gasteiger partial charge in [-0.1, -0.05) is 44.0 Å². The van der Waals surface area contributed by atoms with Crippen LogP contribution in [0.3, 0.4) is 0 Å². The molecule has 0 saturated heterocycles. The highest BCUT2D eigenvalue weighted by Gasteiger charge is 2.37. The van der Waals surface area contributed by atoms with E-state index >= 15 is 0 Å². The van der Waals surface area contributed by atoms with Gasteiger partial charge in [-0.05, 0) is 58.6 Å². The van der Waals surface area contributed by atoms with Gasteiger partial charge in [0.2, 0.25) is 11.8 Å². The summed E-state index contributed by atoms with van der Waals surface area (Å²) in [6.45, 7) is 16.7. The fraction of sp³-hybridized carbons (Fsp3) is 0.519. The number of amides is 3. The molecule has 2 unspecified atom stereocenters. The molecule has 2 atom stereocenters. The fourth-order valence-corrected chi connectivity index (χ4v) is 3.49. The number of alkyl carbamates (subject to hydrolysis) is 1. The molecule has 1 aromatic carbocycles. The zero-order valence-corrected chi connectivity index (χ0v) is 21.5. The topological polar surface area (TPSA) is 87.7 Å². The van der Waals surface area contributed by atoms with Crippen LogP contribution in [-0.4, -0.2) is 47.0 Å². The standard InChI is InChI=1S/C27H39N3O4/c1-10-16-30(25(32)22(17-18(3)4)29-26(33)34-27(7,8)9)23(24(31)28-19(5)6)21-15-13-12-14-20(21)11-2/h2,10,12-15,18-19,22-23H,1,16-17H2,3-9H3,(H,28,31)(H,29,33). The molecule has 0 fully saturated rings. The normalized spacial score (nSPS) is 12.9. The number of carbonyl (C=O) groups excluding carboxylic acids is 3. The van der Waals surface area contributed by atoms with Crippen LogP contribution in [0.5, 0.6) is 0 Å². The Kier molecular flexibility index (Phi) is 10.9. The van der Waals surface area contributed by atoms with E-state index < -0.39 is 29.7 Å². The van der Waals surface area contributed by atoms with Crippen molar-refractivity contribution in [3.8, 4) is 12.3 Å². The molecular formula is C27H39N3O4. The Balaban J connectivity index is 3.51. The fourth-order valence-electron chi connectivity index (χ4n) is 3.49. The molecule has 0 radical (unpaired) electrons. The summed E-state index contributed by atoms with van der Waals surface area (Å²) in [6.07, 6.45) is 6.92. The van der Waals surface area contributed by atoms with Crippen LogP contribution in [0.25, 0.3) is 0 Å². The van der Waals surface area contributed by atoms with Crippen LogP contribution < -0.4 is 10.6 Å². The van der Waals surface area contributed by atoms with E-state index in [2.05, 4.69) is 23.1 Å². The highest BCUT2D eigenvalue weighted by molar-refractivity contribution is 5.92. The van der Waals surface area contributed by atoms with Crippen molar-refractivity contribution >= 4 is 17.9 Å². The second kappa shape index (κ2) is 12.8. The van der Waals surface area contributed by atoms with E-state index in [0.717, 1.165) is 0 Å². The number of hydrogen-bond acceptors (Lipinski definition) is 4. The smallest absolute Gasteiger partial charge is 0.408 e. The van der Waals surface area contributed by atoms with Gasteiger partial charge in [0.05, 0.1) is 0 Å². The Morgan fingerprint density at radius 1 is 1.15 bits per heavy atom. The summed E-state index contributed by atoms with van der Waals surface area (Å²) in [7, 11) is 0. The summed E-state index contributed by atoms with van der Waals surface area (Å²) in [5, 5.41) is 5.59. The van der Waals surface area contributed by atoms with Crippen LogP contribution in [-0.2, 0) is 14.3 Å². The molecule has 0 heterocycles. The predicted octanol–water partition coefficient (Wildman–Crippen LogP) is 4.19. The Morgan fingerprint density at radius 2 is 1.76 bits per heavy atom. The number of hydrogen-bond donors (Lipinski definition) is 2. The minimum atomic E-state index is -1.00. The minimum absolute atomic E-state index is 0.0819. The maximum Gasteiger partial charge on any atom is 0.408 e. The summed E-state index contributed by atoms with van der Waals surface area (Å²) < 4.78 is 5.37. The molecule has 186 valence electrons. The van der Waals surface area contributed by atoms with E-state index in [4.69, 9.17) is 11.2 Å². The van der Waals surface area contributed by atoms with E-state index in [1.807, 2.05) is 27.7 Å². The highest BCUT2D eigenvalue weighted by Crippen LogP contribution is 2.26. The quantitative estimate of drug-likeness (QED) is 0.397. The first-order chi connectivity index (χ1) is 15.8. The zero-order valence-electron chi connectivity index (χ0n) is 21.5. The summed E-state index contributed by atoms with van der Waals surface area (Å²) >= 11 is 0. The first-order valence-electron chi connectivity index (χ1n) is 11.6. The van der Waals surface area contributed by atoms with E-state index in [0.29, 0.717) is 17.5 Å². The van der Waals surface area contributed by atoms with Gasteiger partial charge in [-0.15, -0.1) is 13.0 Å². The molecule has 0 aromatic heterocycles. The molecule has 34 heavy (non-hydrogen) atoms. The van der Waals surface area contributed by atoms with Gasteiger partial charge >= 0.3 is 6.09 Å². The Labute approximate surface area is 204 Å². The molecule has 0 spiro atoms. The monoisotopic (exact) mass is 469 g/mol. The second-order valence-corrected chi connectivity index (χ2v) is 9.91. The first-order valence-corrected chi connectivity index (χ1v) is 11.6. The number of nitrogens with zero attached hydrogens (tertiary/aromatic N) is 1. The molecule has 3 amide bonds. The number of terminal acetylenes is 1. The summed E-state index contributed by atoms with van der Waals surface area (Å²) in [6, 6.07) is 4.96. The van der Waals surface area contributed by atoms with Crippen molar-refractivity contribution in [1.29, 1.82) is 0 Å². The van der Waals surface area contributed by atoms with Gasteiger partial charge in [-0.2, -0.15) is 0 Å². The van der Waals surface area contributed by atoms with Crippen LogP contribution in [0.4, 0.5) is 4.79 Å². The summed E-state index contributed by atoms with van der Waals surface area (Å²) in [5.74, 6) is 1.91.